The van der Waals surface area contributed by atoms with E-state index in [-0.39, 0.29) is 17.9 Å². The molecule has 2 bridgehead atoms. The molecule has 3 saturated heterocycles. The molecule has 1 aliphatic carbocycles. The highest BCUT2D eigenvalue weighted by Gasteiger charge is 2.50. The van der Waals surface area contributed by atoms with E-state index in [4.69, 9.17) is 9.47 Å². The molecule has 0 radical (unpaired) electrons. The normalized spacial score (nSPS) is 28.1. The monoisotopic (exact) mass is 466 g/mol. The van der Waals surface area contributed by atoms with Crippen molar-refractivity contribution in [2.45, 2.75) is 62.9 Å². The van der Waals surface area contributed by atoms with Gasteiger partial charge in [-0.2, -0.15) is 0 Å². The fourth-order valence-corrected chi connectivity index (χ4v) is 6.51. The molecular weight excluding hydrogens is 429 g/mol. The van der Waals surface area contributed by atoms with Crippen LogP contribution in [-0.4, -0.2) is 49.3 Å². The number of ether oxygens (including phenoxy) is 2. The Bertz CT molecular complexity index is 945. The Morgan fingerprint density at radius 2 is 1.62 bits per heavy atom. The summed E-state index contributed by atoms with van der Waals surface area (Å²) in [6.07, 6.45) is 8.53. The zero-order valence-corrected chi connectivity index (χ0v) is 20.1. The van der Waals surface area contributed by atoms with Crippen LogP contribution in [-0.2, 0) is 14.9 Å². The summed E-state index contributed by atoms with van der Waals surface area (Å²) < 4.78 is 26.5. The van der Waals surface area contributed by atoms with Crippen molar-refractivity contribution in [3.8, 4) is 5.75 Å². The highest BCUT2D eigenvalue weighted by molar-refractivity contribution is 5.83. The summed E-state index contributed by atoms with van der Waals surface area (Å²) in [5.41, 5.74) is 0.625. The number of fused-ring (bicyclic) bond motifs is 3. The highest BCUT2D eigenvalue weighted by atomic mass is 19.1. The van der Waals surface area contributed by atoms with Gasteiger partial charge in [-0.3, -0.25) is 4.79 Å². The molecule has 3 aliphatic heterocycles. The number of hydrogen-bond donors (Lipinski definition) is 0. The maximum Gasteiger partial charge on any atom is 0.317 e. The van der Waals surface area contributed by atoms with E-state index in [2.05, 4.69) is 12.1 Å². The van der Waals surface area contributed by atoms with Crippen molar-refractivity contribution in [3.63, 3.8) is 0 Å². The minimum Gasteiger partial charge on any atom is -0.488 e. The fraction of sp³-hybridized carbons (Fsp3) is 0.552. The summed E-state index contributed by atoms with van der Waals surface area (Å²) in [6, 6.07) is 16.6. The Morgan fingerprint density at radius 3 is 2.29 bits per heavy atom. The first kappa shape index (κ1) is 23.3. The molecule has 1 atom stereocenters. The third-order valence-electron chi connectivity index (χ3n) is 8.62. The zero-order chi connectivity index (χ0) is 23.4. The van der Waals surface area contributed by atoms with Gasteiger partial charge in [0.1, 0.15) is 31.3 Å². The van der Waals surface area contributed by atoms with Crippen LogP contribution in [0.15, 0.2) is 54.6 Å². The zero-order valence-electron chi connectivity index (χ0n) is 20.1. The number of rotatable bonds is 7. The molecule has 4 nitrogen and oxygen atoms in total. The van der Waals surface area contributed by atoms with E-state index < -0.39 is 5.41 Å². The Morgan fingerprint density at radius 1 is 0.941 bits per heavy atom. The van der Waals surface area contributed by atoms with Gasteiger partial charge < -0.3 is 14.0 Å². The summed E-state index contributed by atoms with van der Waals surface area (Å²) in [6.45, 7) is 4.60. The number of quaternary nitrogens is 1. The number of carbonyl (C=O) groups excluding carboxylic acids is 1. The predicted molar refractivity (Wildman–Crippen MR) is 130 cm³/mol. The molecule has 1 saturated carbocycles. The average molecular weight is 467 g/mol. The number of benzene rings is 2. The van der Waals surface area contributed by atoms with Crippen LogP contribution in [0, 0.1) is 11.7 Å². The van der Waals surface area contributed by atoms with Crippen LogP contribution in [0.5, 0.6) is 5.75 Å². The van der Waals surface area contributed by atoms with Gasteiger partial charge in [0.15, 0.2) is 6.10 Å². The van der Waals surface area contributed by atoms with Crippen LogP contribution in [0.25, 0.3) is 0 Å². The molecule has 2 aromatic rings. The molecule has 0 amide bonds. The number of hydrogen-bond acceptors (Lipinski definition) is 3. The van der Waals surface area contributed by atoms with E-state index in [1.165, 1.54) is 25.0 Å². The van der Waals surface area contributed by atoms with E-state index in [0.29, 0.717) is 18.3 Å². The molecule has 0 aromatic heterocycles. The summed E-state index contributed by atoms with van der Waals surface area (Å²) in [5, 5.41) is 0. The average Bonchev–Trinajstić information content (AvgIpc) is 3.14. The van der Waals surface area contributed by atoms with Crippen LogP contribution in [0.3, 0.4) is 0 Å². The first-order valence-electron chi connectivity index (χ1n) is 13.1. The van der Waals surface area contributed by atoms with Gasteiger partial charge in [0, 0.05) is 18.8 Å². The summed E-state index contributed by atoms with van der Waals surface area (Å²) in [5.74, 6) is 0.923. The van der Waals surface area contributed by atoms with Crippen molar-refractivity contribution >= 4 is 5.97 Å². The third kappa shape index (κ3) is 4.86. The minimum absolute atomic E-state index is 0.0000576. The SMILES string of the molecule is O=C(O[C@H]1C[N+]2(CCOc3ccc(F)cc3)CCC1CC2)C1(c2ccccc2)CCCCCC1. The fourth-order valence-electron chi connectivity index (χ4n) is 6.51. The number of nitrogens with zero attached hydrogens (tertiary/aromatic N) is 1. The van der Waals surface area contributed by atoms with Crippen molar-refractivity contribution in [1.82, 2.24) is 0 Å². The van der Waals surface area contributed by atoms with Crippen LogP contribution in [0.2, 0.25) is 0 Å². The smallest absolute Gasteiger partial charge is 0.317 e. The topological polar surface area (TPSA) is 35.5 Å². The molecule has 0 unspecified atom stereocenters. The lowest BCUT2D eigenvalue weighted by molar-refractivity contribution is -0.946. The van der Waals surface area contributed by atoms with E-state index in [9.17, 15) is 9.18 Å². The second-order valence-electron chi connectivity index (χ2n) is 10.6. The van der Waals surface area contributed by atoms with Crippen LogP contribution in [0.1, 0.15) is 56.9 Å². The van der Waals surface area contributed by atoms with Crippen molar-refractivity contribution < 1.29 is 23.1 Å². The Kier molecular flexibility index (Phi) is 6.91. The number of halogens is 1. The van der Waals surface area contributed by atoms with Gasteiger partial charge >= 0.3 is 5.97 Å². The van der Waals surface area contributed by atoms with Crippen molar-refractivity contribution in [2.75, 3.05) is 32.8 Å². The van der Waals surface area contributed by atoms with Crippen molar-refractivity contribution in [3.05, 3.63) is 66.0 Å². The molecule has 4 aliphatic rings. The molecule has 34 heavy (non-hydrogen) atoms. The molecule has 0 spiro atoms. The molecule has 5 heteroatoms. The first-order chi connectivity index (χ1) is 16.6. The van der Waals surface area contributed by atoms with Gasteiger partial charge in [0.2, 0.25) is 0 Å². The lowest BCUT2D eigenvalue weighted by Gasteiger charge is -2.52. The number of piperidine rings is 3. The van der Waals surface area contributed by atoms with Crippen LogP contribution < -0.4 is 4.74 Å². The lowest BCUT2D eigenvalue weighted by atomic mass is 9.74. The molecular formula is C29H37FNO3+. The van der Waals surface area contributed by atoms with E-state index >= 15 is 0 Å². The van der Waals surface area contributed by atoms with Gasteiger partial charge in [-0.1, -0.05) is 56.0 Å². The second kappa shape index (κ2) is 10.1. The Hall–Kier alpha value is -2.40. The van der Waals surface area contributed by atoms with Gasteiger partial charge in [0.05, 0.1) is 18.5 Å². The van der Waals surface area contributed by atoms with Crippen molar-refractivity contribution in [2.24, 2.45) is 5.92 Å². The molecule has 182 valence electrons. The van der Waals surface area contributed by atoms with Gasteiger partial charge in [-0.15, -0.1) is 0 Å². The maximum absolute atomic E-state index is 13.9. The van der Waals surface area contributed by atoms with E-state index in [0.717, 1.165) is 74.8 Å². The largest absolute Gasteiger partial charge is 0.488 e. The van der Waals surface area contributed by atoms with Crippen LogP contribution in [0.4, 0.5) is 4.39 Å². The maximum atomic E-state index is 13.9. The first-order valence-corrected chi connectivity index (χ1v) is 13.1. The summed E-state index contributed by atoms with van der Waals surface area (Å²) in [7, 11) is 0. The number of esters is 1. The lowest BCUT2D eigenvalue weighted by Crippen LogP contribution is -2.65. The molecule has 0 N–H and O–H groups in total. The van der Waals surface area contributed by atoms with Crippen molar-refractivity contribution in [1.29, 1.82) is 0 Å². The third-order valence-corrected chi connectivity index (χ3v) is 8.62. The van der Waals surface area contributed by atoms with E-state index in [1.54, 1.807) is 12.1 Å². The standard InChI is InChI=1S/C29H37FNO3/c30-25-10-12-26(13-11-25)33-21-20-31-18-14-23(15-19-31)27(22-31)34-28(32)29(16-6-1-2-7-17-29)24-8-4-3-5-9-24/h3-5,8-13,23,27H,1-2,6-7,14-22H2/q+1/t23?,27-,31?/m0/s1. The Balaban J connectivity index is 1.26. The second-order valence-corrected chi connectivity index (χ2v) is 10.6. The highest BCUT2D eigenvalue weighted by Crippen LogP contribution is 2.42. The molecule has 3 heterocycles. The summed E-state index contributed by atoms with van der Waals surface area (Å²) >= 11 is 0. The van der Waals surface area contributed by atoms with Gasteiger partial charge in [-0.05, 0) is 42.7 Å². The van der Waals surface area contributed by atoms with Gasteiger partial charge in [-0.25, -0.2) is 4.39 Å². The van der Waals surface area contributed by atoms with Crippen LogP contribution >= 0.6 is 0 Å². The van der Waals surface area contributed by atoms with E-state index in [1.807, 2.05) is 18.2 Å². The summed E-state index contributed by atoms with van der Waals surface area (Å²) in [4.78, 5) is 13.9. The van der Waals surface area contributed by atoms with Gasteiger partial charge in [0.25, 0.3) is 0 Å². The molecule has 4 fully saturated rings. The predicted octanol–water partition coefficient (Wildman–Crippen LogP) is 5.65. The molecule has 6 rings (SSSR count). The number of carbonyl (C=O) groups is 1. The minimum atomic E-state index is -0.500. The molecule has 2 aromatic carbocycles. The Labute approximate surface area is 202 Å². The quantitative estimate of drug-likeness (QED) is 0.301.